The Morgan fingerprint density at radius 2 is 2.14 bits per heavy atom. The maximum Gasteiger partial charge on any atom is 0.263 e. The fourth-order valence-electron chi connectivity index (χ4n) is 2.05. The summed E-state index contributed by atoms with van der Waals surface area (Å²) in [5.41, 5.74) is 7.19. The molecule has 0 aromatic carbocycles. The minimum atomic E-state index is -3.50. The summed E-state index contributed by atoms with van der Waals surface area (Å²) < 4.78 is 23.3. The van der Waals surface area contributed by atoms with Crippen LogP contribution in [0, 0.1) is 6.92 Å². The Hall–Kier alpha value is -1.65. The highest BCUT2D eigenvalue weighted by atomic mass is 32.2. The van der Waals surface area contributed by atoms with E-state index in [2.05, 4.69) is 10.4 Å². The van der Waals surface area contributed by atoms with E-state index in [1.165, 1.54) is 11.3 Å². The Balaban J connectivity index is 2.10. The monoisotopic (exact) mass is 331 g/mol. The molecule has 1 amide bonds. The third kappa shape index (κ3) is 3.34. The number of nitrogens with two attached hydrogens (primary N) is 2. The van der Waals surface area contributed by atoms with Gasteiger partial charge in [0.15, 0.2) is 0 Å². The SMILES string of the molecule is Cc1nn(C)c2sc(C(=O)NCCCS(N)(=O)=O)c(N)c12. The number of fused-ring (bicyclic) bond motifs is 1. The maximum atomic E-state index is 12.1. The molecule has 2 aromatic rings. The second-order valence-electron chi connectivity index (χ2n) is 4.71. The molecule has 10 heteroatoms. The predicted octanol–water partition coefficient (Wildman–Crippen LogP) is -0.0662. The first kappa shape index (κ1) is 15.7. The van der Waals surface area contributed by atoms with Crippen LogP contribution >= 0.6 is 11.3 Å². The van der Waals surface area contributed by atoms with Crippen molar-refractivity contribution in [2.75, 3.05) is 18.0 Å². The summed E-state index contributed by atoms with van der Waals surface area (Å²) in [4.78, 5) is 13.3. The third-order valence-corrected chi connectivity index (χ3v) is 5.11. The average Bonchev–Trinajstić information content (AvgIpc) is 2.84. The maximum absolute atomic E-state index is 12.1. The highest BCUT2D eigenvalue weighted by molar-refractivity contribution is 7.89. The molecule has 0 atom stereocenters. The number of hydrogen-bond acceptors (Lipinski definition) is 6. The van der Waals surface area contributed by atoms with Crippen LogP contribution < -0.4 is 16.2 Å². The molecule has 8 nitrogen and oxygen atoms in total. The Bertz CT molecular complexity index is 790. The van der Waals surface area contributed by atoms with Crippen molar-refractivity contribution in [2.24, 2.45) is 12.2 Å². The molecular formula is C11H17N5O3S2. The summed E-state index contributed by atoms with van der Waals surface area (Å²) in [6.07, 6.45) is 0.260. The molecule has 2 rings (SSSR count). The molecule has 0 saturated carbocycles. The first-order chi connectivity index (χ1) is 9.70. The normalized spacial score (nSPS) is 12.0. The third-order valence-electron chi connectivity index (χ3n) is 2.98. The molecule has 0 fully saturated rings. The van der Waals surface area contributed by atoms with Crippen molar-refractivity contribution in [2.45, 2.75) is 13.3 Å². The van der Waals surface area contributed by atoms with Gasteiger partial charge in [0.2, 0.25) is 10.0 Å². The summed E-state index contributed by atoms with van der Waals surface area (Å²) in [7, 11) is -1.71. The molecule has 5 N–H and O–H groups in total. The van der Waals surface area contributed by atoms with Crippen molar-refractivity contribution in [1.82, 2.24) is 15.1 Å². The summed E-state index contributed by atoms with van der Waals surface area (Å²) in [5, 5.41) is 12.6. The Labute approximate surface area is 126 Å². The number of aryl methyl sites for hydroxylation is 2. The quantitative estimate of drug-likeness (QED) is 0.660. The lowest BCUT2D eigenvalue weighted by Crippen LogP contribution is -2.27. The fourth-order valence-corrected chi connectivity index (χ4v) is 3.70. The van der Waals surface area contributed by atoms with E-state index in [4.69, 9.17) is 10.9 Å². The summed E-state index contributed by atoms with van der Waals surface area (Å²) in [5.74, 6) is -0.486. The number of rotatable bonds is 5. The van der Waals surface area contributed by atoms with Crippen molar-refractivity contribution in [3.8, 4) is 0 Å². The molecule has 21 heavy (non-hydrogen) atoms. The first-order valence-electron chi connectivity index (χ1n) is 6.21. The lowest BCUT2D eigenvalue weighted by molar-refractivity contribution is 0.0958. The first-order valence-corrected chi connectivity index (χ1v) is 8.74. The number of anilines is 1. The molecule has 116 valence electrons. The zero-order chi connectivity index (χ0) is 15.8. The van der Waals surface area contributed by atoms with Crippen molar-refractivity contribution in [3.63, 3.8) is 0 Å². The van der Waals surface area contributed by atoms with E-state index < -0.39 is 10.0 Å². The summed E-state index contributed by atoms with van der Waals surface area (Å²) >= 11 is 1.26. The predicted molar refractivity (Wildman–Crippen MR) is 82.7 cm³/mol. The van der Waals surface area contributed by atoms with Gasteiger partial charge in [0.05, 0.1) is 22.5 Å². The van der Waals surface area contributed by atoms with Gasteiger partial charge in [-0.25, -0.2) is 13.6 Å². The number of aromatic nitrogens is 2. The van der Waals surface area contributed by atoms with Crippen LogP contribution in [0.3, 0.4) is 0 Å². The molecule has 0 aliphatic carbocycles. The molecule has 0 radical (unpaired) electrons. The van der Waals surface area contributed by atoms with Crippen LogP contribution in [0.1, 0.15) is 21.8 Å². The van der Waals surface area contributed by atoms with Gasteiger partial charge in [-0.05, 0) is 13.3 Å². The van der Waals surface area contributed by atoms with Crippen molar-refractivity contribution in [1.29, 1.82) is 0 Å². The smallest absolute Gasteiger partial charge is 0.263 e. The second kappa shape index (κ2) is 5.62. The van der Waals surface area contributed by atoms with E-state index >= 15 is 0 Å². The molecule has 0 saturated heterocycles. The number of sulfonamides is 1. The van der Waals surface area contributed by atoms with E-state index in [0.717, 1.165) is 15.9 Å². The number of carbonyl (C=O) groups excluding carboxylic acids is 1. The van der Waals surface area contributed by atoms with E-state index in [9.17, 15) is 13.2 Å². The minimum Gasteiger partial charge on any atom is -0.397 e. The van der Waals surface area contributed by atoms with Crippen molar-refractivity contribution >= 4 is 43.2 Å². The lowest BCUT2D eigenvalue weighted by atomic mass is 10.2. The van der Waals surface area contributed by atoms with Gasteiger partial charge < -0.3 is 11.1 Å². The standard InChI is InChI=1S/C11H17N5O3S2/c1-6-7-8(12)9(20-11(7)16(2)15-6)10(17)14-4-3-5-21(13,18)19/h3-5,12H2,1-2H3,(H,14,17)(H2,13,18,19). The second-order valence-corrected chi connectivity index (χ2v) is 7.44. The molecular weight excluding hydrogens is 314 g/mol. The van der Waals surface area contributed by atoms with E-state index in [0.29, 0.717) is 10.6 Å². The summed E-state index contributed by atoms with van der Waals surface area (Å²) in [6, 6.07) is 0. The highest BCUT2D eigenvalue weighted by Gasteiger charge is 2.20. The number of amides is 1. The van der Waals surface area contributed by atoms with Crippen LogP contribution in [0.4, 0.5) is 5.69 Å². The molecule has 0 unspecified atom stereocenters. The van der Waals surface area contributed by atoms with Gasteiger partial charge in [-0.15, -0.1) is 11.3 Å². The zero-order valence-electron chi connectivity index (χ0n) is 11.7. The van der Waals surface area contributed by atoms with Crippen LogP contribution in [0.2, 0.25) is 0 Å². The number of hydrogen-bond donors (Lipinski definition) is 3. The lowest BCUT2D eigenvalue weighted by Gasteiger charge is -2.04. The van der Waals surface area contributed by atoms with Gasteiger partial charge in [-0.1, -0.05) is 0 Å². The average molecular weight is 331 g/mol. The molecule has 2 aromatic heterocycles. The Morgan fingerprint density at radius 1 is 1.48 bits per heavy atom. The number of carbonyl (C=O) groups is 1. The Kier molecular flexibility index (Phi) is 4.21. The minimum absolute atomic E-state index is 0.168. The largest absolute Gasteiger partial charge is 0.397 e. The van der Waals surface area contributed by atoms with E-state index in [1.54, 1.807) is 11.7 Å². The van der Waals surface area contributed by atoms with Gasteiger partial charge in [-0.3, -0.25) is 9.48 Å². The Morgan fingerprint density at radius 3 is 2.71 bits per heavy atom. The molecule has 0 spiro atoms. The van der Waals surface area contributed by atoms with Crippen LogP contribution in [-0.4, -0.2) is 36.4 Å². The van der Waals surface area contributed by atoms with E-state index in [-0.39, 0.29) is 24.6 Å². The molecule has 2 heterocycles. The number of thiophene rings is 1. The van der Waals surface area contributed by atoms with Gasteiger partial charge in [0.1, 0.15) is 9.71 Å². The number of primary sulfonamides is 1. The van der Waals surface area contributed by atoms with Crippen LogP contribution in [0.15, 0.2) is 0 Å². The number of nitrogens with one attached hydrogen (secondary N) is 1. The highest BCUT2D eigenvalue weighted by Crippen LogP contribution is 2.35. The fraction of sp³-hybridized carbons (Fsp3) is 0.455. The number of nitrogens with zero attached hydrogens (tertiary/aromatic N) is 2. The van der Waals surface area contributed by atoms with Gasteiger partial charge in [0, 0.05) is 13.6 Å². The van der Waals surface area contributed by atoms with Crippen LogP contribution in [0.25, 0.3) is 10.2 Å². The number of nitrogen functional groups attached to an aromatic ring is 1. The topological polar surface area (TPSA) is 133 Å². The van der Waals surface area contributed by atoms with Crippen molar-refractivity contribution in [3.05, 3.63) is 10.6 Å². The van der Waals surface area contributed by atoms with Crippen LogP contribution in [0.5, 0.6) is 0 Å². The van der Waals surface area contributed by atoms with Crippen molar-refractivity contribution < 1.29 is 13.2 Å². The molecule has 0 bridgehead atoms. The van der Waals surface area contributed by atoms with Crippen LogP contribution in [-0.2, 0) is 17.1 Å². The molecule has 0 aliphatic heterocycles. The zero-order valence-corrected chi connectivity index (χ0v) is 13.3. The van der Waals surface area contributed by atoms with E-state index in [1.807, 2.05) is 6.92 Å². The van der Waals surface area contributed by atoms with Gasteiger partial charge in [-0.2, -0.15) is 5.10 Å². The summed E-state index contributed by atoms with van der Waals surface area (Å²) in [6.45, 7) is 2.05. The van der Waals surface area contributed by atoms with Gasteiger partial charge in [0.25, 0.3) is 5.91 Å². The van der Waals surface area contributed by atoms with Gasteiger partial charge >= 0.3 is 0 Å². The molecule has 0 aliphatic rings.